The molecule has 0 aliphatic carbocycles. The number of methoxy groups -OCH3 is 2. The second kappa shape index (κ2) is 6.48. The van der Waals surface area contributed by atoms with Gasteiger partial charge in [-0.1, -0.05) is 22.9 Å². The number of nitrogens with one attached hydrogen (secondary N) is 1. The molecule has 1 unspecified atom stereocenters. The van der Waals surface area contributed by atoms with Crippen molar-refractivity contribution in [1.29, 1.82) is 5.26 Å². The molecular weight excluding hydrogens is 284 g/mol. The SMILES string of the molecule is CCNC(C#N)c1cc(OC)c(OC)cc1Br. The number of nitriles is 1. The van der Waals surface area contributed by atoms with Crippen LogP contribution in [0.25, 0.3) is 0 Å². The summed E-state index contributed by atoms with van der Waals surface area (Å²) in [6, 6.07) is 5.45. The lowest BCUT2D eigenvalue weighted by Crippen LogP contribution is -2.19. The monoisotopic (exact) mass is 298 g/mol. The van der Waals surface area contributed by atoms with E-state index in [4.69, 9.17) is 14.7 Å². The van der Waals surface area contributed by atoms with Gasteiger partial charge in [-0.05, 0) is 18.7 Å². The van der Waals surface area contributed by atoms with Gasteiger partial charge in [0.2, 0.25) is 0 Å². The molecule has 0 saturated heterocycles. The van der Waals surface area contributed by atoms with E-state index < -0.39 is 0 Å². The van der Waals surface area contributed by atoms with E-state index in [0.29, 0.717) is 11.5 Å². The predicted molar refractivity (Wildman–Crippen MR) is 69.3 cm³/mol. The van der Waals surface area contributed by atoms with Crippen LogP contribution < -0.4 is 14.8 Å². The Kier molecular flexibility index (Phi) is 5.26. The summed E-state index contributed by atoms with van der Waals surface area (Å²) in [5.74, 6) is 1.25. The van der Waals surface area contributed by atoms with E-state index in [9.17, 15) is 0 Å². The molecule has 0 aromatic heterocycles. The molecule has 0 saturated carbocycles. The summed E-state index contributed by atoms with van der Waals surface area (Å²) < 4.78 is 11.2. The highest BCUT2D eigenvalue weighted by molar-refractivity contribution is 9.10. The van der Waals surface area contributed by atoms with Crippen molar-refractivity contribution >= 4 is 15.9 Å². The summed E-state index contributed by atoms with van der Waals surface area (Å²) in [7, 11) is 3.15. The first-order valence-corrected chi connectivity index (χ1v) is 6.01. The highest BCUT2D eigenvalue weighted by Gasteiger charge is 2.16. The quantitative estimate of drug-likeness (QED) is 0.908. The fraction of sp³-hybridized carbons (Fsp3) is 0.417. The van der Waals surface area contributed by atoms with Crippen molar-refractivity contribution in [1.82, 2.24) is 5.32 Å². The van der Waals surface area contributed by atoms with Crippen molar-refractivity contribution < 1.29 is 9.47 Å². The molecule has 1 N–H and O–H groups in total. The molecule has 0 bridgehead atoms. The van der Waals surface area contributed by atoms with Crippen LogP contribution in [-0.2, 0) is 0 Å². The smallest absolute Gasteiger partial charge is 0.161 e. The van der Waals surface area contributed by atoms with Gasteiger partial charge in [-0.25, -0.2) is 0 Å². The summed E-state index contributed by atoms with van der Waals surface area (Å²) in [6.45, 7) is 2.68. The number of benzene rings is 1. The molecule has 0 heterocycles. The molecule has 0 spiro atoms. The van der Waals surface area contributed by atoms with Crippen LogP contribution in [0.2, 0.25) is 0 Å². The van der Waals surface area contributed by atoms with Crippen LogP contribution in [0, 0.1) is 11.3 Å². The lowest BCUT2D eigenvalue weighted by atomic mass is 10.1. The molecule has 1 atom stereocenters. The van der Waals surface area contributed by atoms with Crippen LogP contribution in [0.5, 0.6) is 11.5 Å². The van der Waals surface area contributed by atoms with Crippen molar-refractivity contribution in [3.8, 4) is 17.6 Å². The molecule has 0 aliphatic heterocycles. The van der Waals surface area contributed by atoms with E-state index >= 15 is 0 Å². The molecule has 92 valence electrons. The van der Waals surface area contributed by atoms with Gasteiger partial charge in [-0.3, -0.25) is 5.32 Å². The minimum atomic E-state index is -0.366. The Morgan fingerprint density at radius 2 is 1.94 bits per heavy atom. The second-order valence-corrected chi connectivity index (χ2v) is 4.20. The highest BCUT2D eigenvalue weighted by Crippen LogP contribution is 2.35. The summed E-state index contributed by atoms with van der Waals surface area (Å²) in [5.41, 5.74) is 0.840. The van der Waals surface area contributed by atoms with E-state index in [0.717, 1.165) is 16.6 Å². The van der Waals surface area contributed by atoms with Gasteiger partial charge >= 0.3 is 0 Å². The third-order valence-electron chi connectivity index (χ3n) is 2.35. The van der Waals surface area contributed by atoms with Crippen molar-refractivity contribution in [2.24, 2.45) is 0 Å². The minimum Gasteiger partial charge on any atom is -0.493 e. The van der Waals surface area contributed by atoms with Gasteiger partial charge in [0.15, 0.2) is 11.5 Å². The van der Waals surface area contributed by atoms with Gasteiger partial charge in [-0.15, -0.1) is 0 Å². The van der Waals surface area contributed by atoms with E-state index in [-0.39, 0.29) is 6.04 Å². The van der Waals surface area contributed by atoms with Crippen LogP contribution >= 0.6 is 15.9 Å². The zero-order valence-electron chi connectivity index (χ0n) is 10.1. The maximum Gasteiger partial charge on any atom is 0.161 e. The number of ether oxygens (including phenoxy) is 2. The number of hydrogen-bond acceptors (Lipinski definition) is 4. The summed E-state index contributed by atoms with van der Waals surface area (Å²) in [6.07, 6.45) is 0. The van der Waals surface area contributed by atoms with Crippen molar-refractivity contribution in [2.75, 3.05) is 20.8 Å². The van der Waals surface area contributed by atoms with Crippen LogP contribution in [0.15, 0.2) is 16.6 Å². The van der Waals surface area contributed by atoms with Crippen molar-refractivity contribution in [2.45, 2.75) is 13.0 Å². The molecule has 1 rings (SSSR count). The van der Waals surface area contributed by atoms with Crippen LogP contribution in [-0.4, -0.2) is 20.8 Å². The number of halogens is 1. The maximum atomic E-state index is 9.12. The highest BCUT2D eigenvalue weighted by atomic mass is 79.9. The van der Waals surface area contributed by atoms with Crippen molar-refractivity contribution in [3.63, 3.8) is 0 Å². The minimum absolute atomic E-state index is 0.366. The van der Waals surface area contributed by atoms with Gasteiger partial charge in [0.25, 0.3) is 0 Å². The topological polar surface area (TPSA) is 54.3 Å². The van der Waals surface area contributed by atoms with Crippen LogP contribution in [0.4, 0.5) is 0 Å². The fourth-order valence-electron chi connectivity index (χ4n) is 1.52. The Balaban J connectivity index is 3.20. The first-order valence-electron chi connectivity index (χ1n) is 5.22. The molecule has 1 aromatic rings. The average Bonchev–Trinajstić information content (AvgIpc) is 2.36. The van der Waals surface area contributed by atoms with Gasteiger partial charge in [0.1, 0.15) is 6.04 Å². The molecule has 1 aromatic carbocycles. The maximum absolute atomic E-state index is 9.12. The van der Waals surface area contributed by atoms with E-state index in [2.05, 4.69) is 27.3 Å². The van der Waals surface area contributed by atoms with Crippen LogP contribution in [0.1, 0.15) is 18.5 Å². The second-order valence-electron chi connectivity index (χ2n) is 3.35. The van der Waals surface area contributed by atoms with E-state index in [1.54, 1.807) is 26.4 Å². The molecule has 17 heavy (non-hydrogen) atoms. The molecule has 0 radical (unpaired) electrons. The van der Waals surface area contributed by atoms with Gasteiger partial charge in [0, 0.05) is 10.0 Å². The summed E-state index contributed by atoms with van der Waals surface area (Å²) >= 11 is 3.44. The van der Waals surface area contributed by atoms with Gasteiger partial charge in [0.05, 0.1) is 20.3 Å². The molecule has 0 amide bonds. The molecule has 0 aliphatic rings. The Morgan fingerprint density at radius 1 is 1.35 bits per heavy atom. The Hall–Kier alpha value is -1.25. The third-order valence-corrected chi connectivity index (χ3v) is 3.04. The Labute approximate surface area is 110 Å². The first kappa shape index (κ1) is 13.8. The zero-order chi connectivity index (χ0) is 12.8. The van der Waals surface area contributed by atoms with Gasteiger partial charge in [-0.2, -0.15) is 5.26 Å². The number of nitrogens with zero attached hydrogens (tertiary/aromatic N) is 1. The van der Waals surface area contributed by atoms with Gasteiger partial charge < -0.3 is 9.47 Å². The third kappa shape index (κ3) is 3.11. The number of hydrogen-bond donors (Lipinski definition) is 1. The van der Waals surface area contributed by atoms with E-state index in [1.807, 2.05) is 6.92 Å². The lowest BCUT2D eigenvalue weighted by molar-refractivity contribution is 0.354. The molecule has 0 fully saturated rings. The zero-order valence-corrected chi connectivity index (χ0v) is 11.7. The number of rotatable bonds is 5. The summed E-state index contributed by atoms with van der Waals surface area (Å²) in [4.78, 5) is 0. The van der Waals surface area contributed by atoms with Crippen molar-refractivity contribution in [3.05, 3.63) is 22.2 Å². The Morgan fingerprint density at radius 3 is 2.41 bits per heavy atom. The summed E-state index contributed by atoms with van der Waals surface area (Å²) in [5, 5.41) is 12.2. The predicted octanol–water partition coefficient (Wildman–Crippen LogP) is 2.64. The van der Waals surface area contributed by atoms with E-state index in [1.165, 1.54) is 0 Å². The normalized spacial score (nSPS) is 11.7. The Bertz CT molecular complexity index is 429. The first-order chi connectivity index (χ1) is 8.17. The largest absolute Gasteiger partial charge is 0.493 e. The molecule has 4 nitrogen and oxygen atoms in total. The average molecular weight is 299 g/mol. The molecule has 5 heteroatoms. The molecular formula is C12H15BrN2O2. The van der Waals surface area contributed by atoms with Crippen LogP contribution in [0.3, 0.4) is 0 Å². The standard InChI is InChI=1S/C12H15BrN2O2/c1-4-15-10(7-14)8-5-11(16-2)12(17-3)6-9(8)13/h5-6,10,15H,4H2,1-3H3. The fourth-order valence-corrected chi connectivity index (χ4v) is 2.07. The lowest BCUT2D eigenvalue weighted by Gasteiger charge is -2.15.